The molecular formula is C16H25N3O4. The summed E-state index contributed by atoms with van der Waals surface area (Å²) in [5.74, 6) is 4.59. The molecular weight excluding hydrogens is 298 g/mol. The van der Waals surface area contributed by atoms with E-state index in [1.807, 2.05) is 24.3 Å². The highest BCUT2D eigenvalue weighted by Gasteiger charge is 2.19. The molecule has 1 rings (SSSR count). The van der Waals surface area contributed by atoms with Gasteiger partial charge >= 0.3 is 11.9 Å². The number of benzene rings is 1. The molecule has 1 unspecified atom stereocenters. The first-order valence-corrected chi connectivity index (χ1v) is 7.64. The summed E-state index contributed by atoms with van der Waals surface area (Å²) in [4.78, 5) is 23.2. The Bertz CT molecular complexity index is 505. The predicted octanol–water partition coefficient (Wildman–Crippen LogP) is 0.0570. The third-order valence-electron chi connectivity index (χ3n) is 3.28. The first-order chi connectivity index (χ1) is 11.0. The van der Waals surface area contributed by atoms with Crippen molar-refractivity contribution < 1.29 is 19.1 Å². The molecule has 0 amide bonds. The second kappa shape index (κ2) is 9.94. The topological polar surface area (TPSA) is 117 Å². The fraction of sp³-hybridized carbons (Fsp3) is 0.500. The molecule has 0 radical (unpaired) electrons. The van der Waals surface area contributed by atoms with Crippen molar-refractivity contribution in [2.75, 3.05) is 13.2 Å². The number of carbonyl (C=O) groups is 2. The molecule has 128 valence electrons. The smallest absolute Gasteiger partial charge is 0.324 e. The zero-order valence-electron chi connectivity index (χ0n) is 13.6. The van der Waals surface area contributed by atoms with E-state index in [1.165, 1.54) is 0 Å². The zero-order valence-corrected chi connectivity index (χ0v) is 13.6. The van der Waals surface area contributed by atoms with Gasteiger partial charge in [-0.15, -0.1) is 0 Å². The molecule has 0 bridgehead atoms. The number of nitrogens with one attached hydrogen (secondary N) is 1. The van der Waals surface area contributed by atoms with Crippen molar-refractivity contribution in [2.24, 2.45) is 11.6 Å². The third kappa shape index (κ3) is 6.35. The summed E-state index contributed by atoms with van der Waals surface area (Å²) in [7, 11) is 0. The number of hydrogen-bond acceptors (Lipinski definition) is 7. The predicted molar refractivity (Wildman–Crippen MR) is 86.2 cm³/mol. The molecule has 0 aliphatic carbocycles. The van der Waals surface area contributed by atoms with Gasteiger partial charge in [0.25, 0.3) is 0 Å². The third-order valence-corrected chi connectivity index (χ3v) is 3.28. The van der Waals surface area contributed by atoms with Gasteiger partial charge in [0, 0.05) is 0 Å². The van der Waals surface area contributed by atoms with Gasteiger partial charge in [-0.2, -0.15) is 0 Å². The van der Waals surface area contributed by atoms with Gasteiger partial charge in [0.1, 0.15) is 12.1 Å². The van der Waals surface area contributed by atoms with Crippen molar-refractivity contribution in [2.45, 2.75) is 38.8 Å². The highest BCUT2D eigenvalue weighted by molar-refractivity contribution is 5.76. The van der Waals surface area contributed by atoms with Crippen molar-refractivity contribution in [3.8, 4) is 0 Å². The second-order valence-corrected chi connectivity index (χ2v) is 5.05. The first kappa shape index (κ1) is 19.1. The van der Waals surface area contributed by atoms with Crippen LogP contribution in [0.5, 0.6) is 0 Å². The standard InChI is InChI=1S/C16H25N3O4/c1-3-22-15(20)13(17)9-11-5-7-12(8-6-11)10-14(19-18)16(21)23-4-2/h5-8,13-14,19H,3-4,9-10,17-18H2,1-2H3/t13?,14-/m1/s1. The molecule has 0 saturated heterocycles. The average Bonchev–Trinajstić information content (AvgIpc) is 2.54. The van der Waals surface area contributed by atoms with Crippen LogP contribution in [-0.2, 0) is 31.9 Å². The van der Waals surface area contributed by atoms with Crippen molar-refractivity contribution >= 4 is 11.9 Å². The fourth-order valence-electron chi connectivity index (χ4n) is 2.09. The van der Waals surface area contributed by atoms with Crippen LogP contribution in [0.25, 0.3) is 0 Å². The minimum absolute atomic E-state index is 0.307. The SMILES string of the molecule is CCOC(=O)C(N)Cc1ccc(C[C@@H](NN)C(=O)OCC)cc1. The van der Waals surface area contributed by atoms with Crippen LogP contribution in [0.1, 0.15) is 25.0 Å². The van der Waals surface area contributed by atoms with Crippen LogP contribution in [0.3, 0.4) is 0 Å². The lowest BCUT2D eigenvalue weighted by atomic mass is 10.0. The van der Waals surface area contributed by atoms with E-state index >= 15 is 0 Å². The van der Waals surface area contributed by atoms with Gasteiger partial charge in [-0.05, 0) is 37.8 Å². The van der Waals surface area contributed by atoms with Gasteiger partial charge in [-0.1, -0.05) is 24.3 Å². The number of esters is 2. The summed E-state index contributed by atoms with van der Waals surface area (Å²) >= 11 is 0. The van der Waals surface area contributed by atoms with Crippen LogP contribution >= 0.6 is 0 Å². The molecule has 1 aromatic carbocycles. The van der Waals surface area contributed by atoms with Gasteiger partial charge in [0.05, 0.1) is 13.2 Å². The highest BCUT2D eigenvalue weighted by atomic mass is 16.5. The van der Waals surface area contributed by atoms with Crippen LogP contribution in [0.2, 0.25) is 0 Å². The van der Waals surface area contributed by atoms with E-state index in [1.54, 1.807) is 13.8 Å². The van der Waals surface area contributed by atoms with Crippen LogP contribution in [0.4, 0.5) is 0 Å². The minimum Gasteiger partial charge on any atom is -0.465 e. The molecule has 0 spiro atoms. The molecule has 1 aromatic rings. The van der Waals surface area contributed by atoms with E-state index in [0.717, 1.165) is 11.1 Å². The maximum absolute atomic E-state index is 11.7. The normalized spacial score (nSPS) is 13.2. The number of nitrogens with two attached hydrogens (primary N) is 2. The molecule has 0 saturated carbocycles. The Hall–Kier alpha value is -1.96. The maximum Gasteiger partial charge on any atom is 0.324 e. The Morgan fingerprint density at radius 3 is 1.96 bits per heavy atom. The Morgan fingerprint density at radius 2 is 1.48 bits per heavy atom. The fourth-order valence-corrected chi connectivity index (χ4v) is 2.09. The molecule has 0 fully saturated rings. The van der Waals surface area contributed by atoms with Crippen LogP contribution in [0, 0.1) is 0 Å². The zero-order chi connectivity index (χ0) is 17.2. The quantitative estimate of drug-likeness (QED) is 0.334. The molecule has 23 heavy (non-hydrogen) atoms. The first-order valence-electron chi connectivity index (χ1n) is 7.64. The van der Waals surface area contributed by atoms with Gasteiger partial charge in [0.15, 0.2) is 0 Å². The number of rotatable bonds is 9. The van der Waals surface area contributed by atoms with E-state index in [4.69, 9.17) is 21.1 Å². The number of hydrogen-bond donors (Lipinski definition) is 3. The molecule has 5 N–H and O–H groups in total. The summed E-state index contributed by atoms with van der Waals surface area (Å²) in [6, 6.07) is 6.20. The second-order valence-electron chi connectivity index (χ2n) is 5.05. The largest absolute Gasteiger partial charge is 0.465 e. The summed E-state index contributed by atoms with van der Waals surface area (Å²) in [6.45, 7) is 4.10. The van der Waals surface area contributed by atoms with E-state index in [9.17, 15) is 9.59 Å². The molecule has 0 aromatic heterocycles. The highest BCUT2D eigenvalue weighted by Crippen LogP contribution is 2.10. The van der Waals surface area contributed by atoms with Gasteiger partial charge in [-0.3, -0.25) is 15.4 Å². The monoisotopic (exact) mass is 323 g/mol. The Labute approximate surface area is 136 Å². The number of hydrazine groups is 1. The van der Waals surface area contributed by atoms with Crippen molar-refractivity contribution in [3.63, 3.8) is 0 Å². The van der Waals surface area contributed by atoms with Crippen molar-refractivity contribution in [3.05, 3.63) is 35.4 Å². The Morgan fingerprint density at radius 1 is 1.00 bits per heavy atom. The van der Waals surface area contributed by atoms with Gasteiger partial charge in [-0.25, -0.2) is 5.43 Å². The lowest BCUT2D eigenvalue weighted by Gasteiger charge is -2.15. The molecule has 0 heterocycles. The summed E-state index contributed by atoms with van der Waals surface area (Å²) < 4.78 is 9.82. The van der Waals surface area contributed by atoms with Crippen molar-refractivity contribution in [1.82, 2.24) is 5.43 Å². The molecule has 0 aliphatic rings. The molecule has 0 aliphatic heterocycles. The number of carbonyl (C=O) groups excluding carboxylic acids is 2. The van der Waals surface area contributed by atoms with E-state index in [2.05, 4.69) is 5.43 Å². The molecule has 2 atom stereocenters. The molecule has 7 heteroatoms. The maximum atomic E-state index is 11.7. The van der Waals surface area contributed by atoms with Gasteiger partial charge in [0.2, 0.25) is 0 Å². The Kier molecular flexibility index (Phi) is 8.25. The van der Waals surface area contributed by atoms with Gasteiger partial charge < -0.3 is 15.2 Å². The summed E-state index contributed by atoms with van der Waals surface area (Å²) in [5, 5.41) is 0. The molecule has 7 nitrogen and oxygen atoms in total. The van der Waals surface area contributed by atoms with E-state index in [-0.39, 0.29) is 5.97 Å². The lowest BCUT2D eigenvalue weighted by molar-refractivity contribution is -0.146. The number of ether oxygens (including phenoxy) is 2. The van der Waals surface area contributed by atoms with E-state index in [0.29, 0.717) is 26.1 Å². The lowest BCUT2D eigenvalue weighted by Crippen LogP contribution is -2.44. The minimum atomic E-state index is -0.682. The summed E-state index contributed by atoms with van der Waals surface area (Å²) in [6.07, 6.45) is 0.815. The van der Waals surface area contributed by atoms with Crippen LogP contribution in [0.15, 0.2) is 24.3 Å². The van der Waals surface area contributed by atoms with E-state index < -0.39 is 18.1 Å². The van der Waals surface area contributed by atoms with Crippen LogP contribution < -0.4 is 17.0 Å². The van der Waals surface area contributed by atoms with Crippen LogP contribution in [-0.4, -0.2) is 37.2 Å². The van der Waals surface area contributed by atoms with Crippen molar-refractivity contribution in [1.29, 1.82) is 0 Å². The summed E-state index contributed by atoms with van der Waals surface area (Å²) in [5.41, 5.74) is 10.1. The average molecular weight is 323 g/mol. The Balaban J connectivity index is 2.62.